The highest BCUT2D eigenvalue weighted by Crippen LogP contribution is 2.31. The summed E-state index contributed by atoms with van der Waals surface area (Å²) in [5.41, 5.74) is -1.38. The van der Waals surface area contributed by atoms with Crippen molar-refractivity contribution in [2.24, 2.45) is 0 Å². The van der Waals surface area contributed by atoms with E-state index in [1.165, 1.54) is 34.1 Å². The van der Waals surface area contributed by atoms with Gasteiger partial charge in [0, 0.05) is 38.4 Å². The monoisotopic (exact) mass is 490 g/mol. The molecule has 0 atom stereocenters. The zero-order chi connectivity index (χ0) is 24.2. The van der Waals surface area contributed by atoms with Crippen LogP contribution < -0.4 is 0 Å². The first-order valence-electron chi connectivity index (χ1n) is 9.95. The topological polar surface area (TPSA) is 40.6 Å². The molecule has 2 aromatic carbocycles. The molecule has 0 unspecified atom stereocenters. The van der Waals surface area contributed by atoms with Gasteiger partial charge >= 0.3 is 12.4 Å². The summed E-state index contributed by atoms with van der Waals surface area (Å²) in [5.74, 6) is 0.125. The van der Waals surface area contributed by atoms with E-state index in [-0.39, 0.29) is 42.4 Å². The van der Waals surface area contributed by atoms with E-state index in [0.29, 0.717) is 12.3 Å². The zero-order valence-electron chi connectivity index (χ0n) is 17.2. The third kappa shape index (κ3) is 6.89. The average molecular weight is 490 g/mol. The molecule has 0 aliphatic carbocycles. The van der Waals surface area contributed by atoms with Crippen LogP contribution in [0.3, 0.4) is 0 Å². The summed E-state index contributed by atoms with van der Waals surface area (Å²) in [6, 6.07) is 8.89. The van der Waals surface area contributed by atoms with Crippen LogP contribution in [0.15, 0.2) is 48.5 Å². The summed E-state index contributed by atoms with van der Waals surface area (Å²) in [6.45, 7) is 0.174. The van der Waals surface area contributed by atoms with Gasteiger partial charge in [-0.05, 0) is 35.4 Å². The number of hydrogen-bond donors (Lipinski definition) is 0. The van der Waals surface area contributed by atoms with Gasteiger partial charge in [-0.1, -0.05) is 36.0 Å². The van der Waals surface area contributed by atoms with Gasteiger partial charge in [-0.3, -0.25) is 9.59 Å². The highest BCUT2D eigenvalue weighted by Gasteiger charge is 2.32. The molecule has 3 rings (SSSR count). The van der Waals surface area contributed by atoms with E-state index >= 15 is 0 Å². The van der Waals surface area contributed by atoms with E-state index in [2.05, 4.69) is 0 Å². The molecule has 0 aromatic heterocycles. The minimum absolute atomic E-state index is 0.0930. The molecule has 0 saturated carbocycles. The molecule has 2 aromatic rings. The molecule has 0 radical (unpaired) electrons. The van der Waals surface area contributed by atoms with Crippen LogP contribution in [0.4, 0.5) is 31.1 Å². The van der Waals surface area contributed by atoms with E-state index in [4.69, 9.17) is 0 Å². The van der Waals surface area contributed by atoms with Crippen molar-refractivity contribution < 1.29 is 35.9 Å². The van der Waals surface area contributed by atoms with Crippen LogP contribution in [0.25, 0.3) is 0 Å². The van der Waals surface area contributed by atoms with Crippen LogP contribution in [0, 0.1) is 0 Å². The first-order valence-corrected chi connectivity index (χ1v) is 10.9. The molecule has 4 nitrogen and oxygen atoms in total. The van der Waals surface area contributed by atoms with Crippen molar-refractivity contribution in [3.8, 4) is 0 Å². The maximum atomic E-state index is 13.1. The Morgan fingerprint density at radius 2 is 1.42 bits per heavy atom. The Hall–Kier alpha value is -2.69. The largest absolute Gasteiger partial charge is 0.416 e. The van der Waals surface area contributed by atoms with Crippen molar-refractivity contribution in [2.45, 2.75) is 31.9 Å². The summed E-state index contributed by atoms with van der Waals surface area (Å²) in [7, 11) is 0. The van der Waals surface area contributed by atoms with Gasteiger partial charge in [-0.25, -0.2) is 0 Å². The Kier molecular flexibility index (Phi) is 7.61. The fraction of sp³-hybridized carbons (Fsp3) is 0.364. The molecule has 11 heteroatoms. The lowest BCUT2D eigenvalue weighted by molar-refractivity contribution is -0.138. The molecule has 1 aliphatic heterocycles. The van der Waals surface area contributed by atoms with Gasteiger partial charge < -0.3 is 9.80 Å². The van der Waals surface area contributed by atoms with Gasteiger partial charge in [0.2, 0.25) is 5.91 Å². The van der Waals surface area contributed by atoms with Crippen molar-refractivity contribution >= 4 is 22.9 Å². The standard InChI is InChI=1S/C22H20F6N2O2S/c23-21(24,25)17-5-1-3-15(11-17)13-30(19(31)7-8-29-9-10-33-20(29)32)14-16-4-2-6-18(12-16)22(26,27)28/h1-6,11-12H,7-10,13-14H2. The summed E-state index contributed by atoms with van der Waals surface area (Å²) < 4.78 is 78.4. The number of amides is 2. The van der Waals surface area contributed by atoms with Crippen molar-refractivity contribution in [1.82, 2.24) is 9.80 Å². The van der Waals surface area contributed by atoms with E-state index < -0.39 is 29.4 Å². The number of rotatable bonds is 7. The number of carbonyl (C=O) groups excluding carboxylic acids is 2. The number of alkyl halides is 6. The lowest BCUT2D eigenvalue weighted by Crippen LogP contribution is -2.34. The Bertz CT molecular complexity index is 949. The number of halogens is 6. The molecule has 0 N–H and O–H groups in total. The predicted octanol–water partition coefficient (Wildman–Crippen LogP) is 5.81. The van der Waals surface area contributed by atoms with Crippen LogP contribution >= 0.6 is 11.8 Å². The lowest BCUT2D eigenvalue weighted by Gasteiger charge is -2.25. The summed E-state index contributed by atoms with van der Waals surface area (Å²) in [4.78, 5) is 27.4. The molecule has 1 saturated heterocycles. The second kappa shape index (κ2) is 10.1. The van der Waals surface area contributed by atoms with E-state index in [1.54, 1.807) is 0 Å². The zero-order valence-corrected chi connectivity index (χ0v) is 18.1. The molecule has 1 heterocycles. The van der Waals surface area contributed by atoms with Crippen LogP contribution in [-0.4, -0.2) is 39.8 Å². The van der Waals surface area contributed by atoms with Gasteiger partial charge in [0.25, 0.3) is 5.24 Å². The summed E-state index contributed by atoms with van der Waals surface area (Å²) in [6.07, 6.45) is -9.23. The van der Waals surface area contributed by atoms with Crippen LogP contribution in [-0.2, 0) is 30.2 Å². The highest BCUT2D eigenvalue weighted by atomic mass is 32.2. The number of hydrogen-bond acceptors (Lipinski definition) is 3. The summed E-state index contributed by atoms with van der Waals surface area (Å²) in [5, 5.41) is -0.162. The van der Waals surface area contributed by atoms with Crippen molar-refractivity contribution in [3.63, 3.8) is 0 Å². The first kappa shape index (κ1) is 24.9. The quantitative estimate of drug-likeness (QED) is 0.460. The van der Waals surface area contributed by atoms with Crippen LogP contribution in [0.1, 0.15) is 28.7 Å². The van der Waals surface area contributed by atoms with Crippen molar-refractivity contribution in [2.75, 3.05) is 18.8 Å². The SMILES string of the molecule is O=C(CCN1CCSC1=O)N(Cc1cccc(C(F)(F)F)c1)Cc1cccc(C(F)(F)F)c1. The lowest BCUT2D eigenvalue weighted by atomic mass is 10.1. The van der Waals surface area contributed by atoms with E-state index in [1.807, 2.05) is 0 Å². The van der Waals surface area contributed by atoms with Crippen molar-refractivity contribution in [1.29, 1.82) is 0 Å². The second-order valence-electron chi connectivity index (χ2n) is 7.50. The molecule has 1 fully saturated rings. The Morgan fingerprint density at radius 3 is 1.85 bits per heavy atom. The molecule has 0 spiro atoms. The number of nitrogens with zero attached hydrogens (tertiary/aromatic N) is 2. The molecule has 178 valence electrons. The van der Waals surface area contributed by atoms with Crippen LogP contribution in [0.5, 0.6) is 0 Å². The Labute approximate surface area is 190 Å². The molecule has 0 bridgehead atoms. The number of benzene rings is 2. The minimum Gasteiger partial charge on any atom is -0.334 e. The predicted molar refractivity (Wildman–Crippen MR) is 111 cm³/mol. The number of carbonyl (C=O) groups is 2. The molecule has 2 amide bonds. The van der Waals surface area contributed by atoms with Crippen molar-refractivity contribution in [3.05, 3.63) is 70.8 Å². The minimum atomic E-state index is -4.57. The fourth-order valence-corrected chi connectivity index (χ4v) is 4.23. The number of thioether (sulfide) groups is 1. The maximum absolute atomic E-state index is 13.1. The second-order valence-corrected chi connectivity index (χ2v) is 8.54. The Balaban J connectivity index is 1.81. The van der Waals surface area contributed by atoms with E-state index in [9.17, 15) is 35.9 Å². The molecule has 1 aliphatic rings. The third-order valence-electron chi connectivity index (χ3n) is 5.05. The summed E-state index contributed by atoms with van der Waals surface area (Å²) >= 11 is 1.13. The smallest absolute Gasteiger partial charge is 0.334 e. The maximum Gasteiger partial charge on any atom is 0.416 e. The van der Waals surface area contributed by atoms with Gasteiger partial charge in [0.15, 0.2) is 0 Å². The van der Waals surface area contributed by atoms with Gasteiger partial charge in [0.05, 0.1) is 11.1 Å². The van der Waals surface area contributed by atoms with Gasteiger partial charge in [0.1, 0.15) is 0 Å². The van der Waals surface area contributed by atoms with Crippen LogP contribution in [0.2, 0.25) is 0 Å². The molecular formula is C22H20F6N2O2S. The average Bonchev–Trinajstić information content (AvgIpc) is 3.15. The highest BCUT2D eigenvalue weighted by molar-refractivity contribution is 8.13. The Morgan fingerprint density at radius 1 is 0.909 bits per heavy atom. The van der Waals surface area contributed by atoms with Gasteiger partial charge in [-0.15, -0.1) is 0 Å². The third-order valence-corrected chi connectivity index (χ3v) is 5.94. The molecular weight excluding hydrogens is 470 g/mol. The normalized spacial score (nSPS) is 14.6. The van der Waals surface area contributed by atoms with E-state index in [0.717, 1.165) is 36.0 Å². The fourth-order valence-electron chi connectivity index (χ4n) is 3.38. The first-order chi connectivity index (χ1) is 15.4. The molecule has 33 heavy (non-hydrogen) atoms. The van der Waals surface area contributed by atoms with Gasteiger partial charge in [-0.2, -0.15) is 26.3 Å².